The number of Topliss-reactive ketones (excluding diaryl/α,β-unsaturated/α-hetero) is 2. The average molecular weight is 463 g/mol. The Labute approximate surface area is 201 Å². The van der Waals surface area contributed by atoms with Gasteiger partial charge in [-0.05, 0) is 18.1 Å². The summed E-state index contributed by atoms with van der Waals surface area (Å²) in [5, 5.41) is 11.3. The molecule has 6 nitrogen and oxygen atoms in total. The number of aliphatic hydroxyl groups excluding tert-OH is 1. The molecule has 0 unspecified atom stereocenters. The number of aliphatic hydroxyl groups is 1. The van der Waals surface area contributed by atoms with E-state index in [1.54, 1.807) is 25.1 Å². The fourth-order valence-corrected chi connectivity index (χ4v) is 4.40. The number of ketones is 2. The summed E-state index contributed by atoms with van der Waals surface area (Å²) < 4.78 is 5.38. The number of allylic oxidation sites excluding steroid dienone is 1. The number of aromatic amines is 1. The molecular weight excluding hydrogens is 442 g/mol. The Kier molecular flexibility index (Phi) is 5.63. The number of fused-ring (bicyclic) bond motifs is 1. The molecule has 1 aliphatic rings. The van der Waals surface area contributed by atoms with Crippen molar-refractivity contribution >= 4 is 28.9 Å². The molecule has 5 rings (SSSR count). The summed E-state index contributed by atoms with van der Waals surface area (Å²) in [4.78, 5) is 43.1. The summed E-state index contributed by atoms with van der Waals surface area (Å²) >= 11 is 0. The summed E-state index contributed by atoms with van der Waals surface area (Å²) in [6.45, 7) is 1.80. The lowest BCUT2D eigenvalue weighted by Gasteiger charge is -2.19. The maximum Gasteiger partial charge on any atom is 0.340 e. The molecule has 0 saturated carbocycles. The number of carbonyl (C=O) groups excluding carboxylic acids is 3. The van der Waals surface area contributed by atoms with Crippen LogP contribution < -0.4 is 0 Å². The third kappa shape index (κ3) is 3.65. The second-order valence-corrected chi connectivity index (χ2v) is 8.00. The molecule has 35 heavy (non-hydrogen) atoms. The topological polar surface area (TPSA) is 96.5 Å². The highest BCUT2D eigenvalue weighted by Crippen LogP contribution is 2.43. The molecule has 1 aliphatic carbocycles. The van der Waals surface area contributed by atoms with Crippen molar-refractivity contribution < 1.29 is 24.2 Å². The van der Waals surface area contributed by atoms with E-state index in [9.17, 15) is 19.5 Å². The van der Waals surface area contributed by atoms with E-state index >= 15 is 0 Å². The molecule has 4 aromatic rings. The number of benzene rings is 3. The smallest absolute Gasteiger partial charge is 0.340 e. The minimum absolute atomic E-state index is 0.0824. The van der Waals surface area contributed by atoms with Gasteiger partial charge in [-0.25, -0.2) is 4.79 Å². The van der Waals surface area contributed by atoms with Crippen molar-refractivity contribution in [1.29, 1.82) is 0 Å². The van der Waals surface area contributed by atoms with Gasteiger partial charge in [-0.15, -0.1) is 0 Å². The van der Waals surface area contributed by atoms with Crippen molar-refractivity contribution in [1.82, 2.24) is 4.98 Å². The normalized spacial score (nSPS) is 13.1. The molecule has 172 valence electrons. The molecule has 0 aliphatic heterocycles. The van der Waals surface area contributed by atoms with E-state index in [4.69, 9.17) is 4.74 Å². The third-order valence-corrected chi connectivity index (χ3v) is 5.95. The third-order valence-electron chi connectivity index (χ3n) is 5.95. The molecule has 0 saturated heterocycles. The Hall–Kier alpha value is -4.71. The summed E-state index contributed by atoms with van der Waals surface area (Å²) in [5.74, 6) is -2.65. The quantitative estimate of drug-likeness (QED) is 0.292. The monoisotopic (exact) mass is 463 g/mol. The maximum atomic E-state index is 13.4. The van der Waals surface area contributed by atoms with E-state index in [2.05, 4.69) is 4.98 Å². The number of ether oxygens (including phenoxy) is 1. The summed E-state index contributed by atoms with van der Waals surface area (Å²) in [7, 11) is 0. The molecule has 0 bridgehead atoms. The predicted octanol–water partition coefficient (Wildman–Crippen LogP) is 5.72. The highest BCUT2D eigenvalue weighted by molar-refractivity contribution is 6.62. The lowest BCUT2D eigenvalue weighted by Crippen LogP contribution is -2.24. The van der Waals surface area contributed by atoms with Crippen molar-refractivity contribution in [3.8, 4) is 22.5 Å². The molecule has 0 fully saturated rings. The Morgan fingerprint density at radius 2 is 1.31 bits per heavy atom. The zero-order chi connectivity index (χ0) is 24.5. The van der Waals surface area contributed by atoms with E-state index in [0.717, 1.165) is 0 Å². The van der Waals surface area contributed by atoms with Crippen molar-refractivity contribution in [3.05, 3.63) is 107 Å². The Balaban J connectivity index is 1.91. The zero-order valence-corrected chi connectivity index (χ0v) is 18.9. The van der Waals surface area contributed by atoms with E-state index in [0.29, 0.717) is 22.5 Å². The van der Waals surface area contributed by atoms with Crippen LogP contribution in [0.1, 0.15) is 38.8 Å². The van der Waals surface area contributed by atoms with Crippen molar-refractivity contribution in [2.45, 2.75) is 6.92 Å². The van der Waals surface area contributed by atoms with Crippen LogP contribution in [0.4, 0.5) is 0 Å². The molecule has 0 spiro atoms. The van der Waals surface area contributed by atoms with Crippen molar-refractivity contribution in [3.63, 3.8) is 0 Å². The summed E-state index contributed by atoms with van der Waals surface area (Å²) in [6.07, 6.45) is 0. The summed E-state index contributed by atoms with van der Waals surface area (Å²) in [6, 6.07) is 24.7. The van der Waals surface area contributed by atoms with E-state index in [1.165, 1.54) is 6.07 Å². The Bertz CT molecular complexity index is 1500. The number of rotatable bonds is 5. The highest BCUT2D eigenvalue weighted by atomic mass is 16.5. The molecular formula is C29H21NO5. The average Bonchev–Trinajstić information content (AvgIpc) is 3.29. The second kappa shape index (κ2) is 8.91. The minimum Gasteiger partial charge on any atom is -0.506 e. The number of nitrogens with one attached hydrogen (secondary N) is 1. The van der Waals surface area contributed by atoms with Gasteiger partial charge in [0.05, 0.1) is 29.1 Å². The first-order valence-electron chi connectivity index (χ1n) is 11.2. The molecule has 1 heterocycles. The van der Waals surface area contributed by atoms with Crippen LogP contribution >= 0.6 is 0 Å². The van der Waals surface area contributed by atoms with Crippen LogP contribution in [0.5, 0.6) is 0 Å². The molecule has 1 aromatic heterocycles. The number of hydrogen-bond acceptors (Lipinski definition) is 5. The van der Waals surface area contributed by atoms with Crippen molar-refractivity contribution in [2.24, 2.45) is 0 Å². The number of H-pyrrole nitrogens is 1. The molecule has 0 atom stereocenters. The number of aromatic nitrogens is 1. The molecule has 0 amide bonds. The molecule has 3 aromatic carbocycles. The van der Waals surface area contributed by atoms with E-state index < -0.39 is 17.5 Å². The maximum absolute atomic E-state index is 13.4. The first-order chi connectivity index (χ1) is 17.0. The highest BCUT2D eigenvalue weighted by Gasteiger charge is 2.39. The standard InChI is InChI=1S/C29H21NO5/c1-2-35-29(34)22-21(23-26(31)19-15-9-10-16-20(19)27(32)28(23)33)24(17-11-5-3-6-12-17)30-25(22)18-13-7-4-8-14-18/h3-16,30-31H,2H2,1H3. The van der Waals surface area contributed by atoms with Crippen LogP contribution in [0.3, 0.4) is 0 Å². The second-order valence-electron chi connectivity index (χ2n) is 8.00. The fraction of sp³-hybridized carbons (Fsp3) is 0.0690. The van der Waals surface area contributed by atoms with Gasteiger partial charge in [0.25, 0.3) is 0 Å². The van der Waals surface area contributed by atoms with Gasteiger partial charge in [0.1, 0.15) is 5.76 Å². The summed E-state index contributed by atoms with van der Waals surface area (Å²) in [5.41, 5.74) is 2.57. The lowest BCUT2D eigenvalue weighted by atomic mass is 9.83. The predicted molar refractivity (Wildman–Crippen MR) is 133 cm³/mol. The molecule has 6 heteroatoms. The minimum atomic E-state index is -0.887. The van der Waals surface area contributed by atoms with E-state index in [-0.39, 0.29) is 40.2 Å². The van der Waals surface area contributed by atoms with Gasteiger partial charge >= 0.3 is 5.97 Å². The Morgan fingerprint density at radius 3 is 1.91 bits per heavy atom. The van der Waals surface area contributed by atoms with Crippen LogP contribution in [-0.4, -0.2) is 34.2 Å². The number of hydrogen-bond donors (Lipinski definition) is 2. The van der Waals surface area contributed by atoms with Gasteiger partial charge in [0.2, 0.25) is 11.6 Å². The van der Waals surface area contributed by atoms with Gasteiger partial charge < -0.3 is 14.8 Å². The number of carbonyl (C=O) groups is 3. The van der Waals surface area contributed by atoms with Gasteiger partial charge in [0, 0.05) is 16.7 Å². The molecule has 0 radical (unpaired) electrons. The molecule has 2 N–H and O–H groups in total. The SMILES string of the molecule is CCOC(=O)c1c(-c2ccccc2)[nH]c(-c2ccccc2)c1C1=C(O)c2ccccc2C(=O)C1=O. The van der Waals surface area contributed by atoms with Gasteiger partial charge in [-0.2, -0.15) is 0 Å². The van der Waals surface area contributed by atoms with Crippen molar-refractivity contribution in [2.75, 3.05) is 6.61 Å². The van der Waals surface area contributed by atoms with Gasteiger partial charge in [0.15, 0.2) is 0 Å². The first-order valence-corrected chi connectivity index (χ1v) is 11.2. The van der Waals surface area contributed by atoms with Crippen LogP contribution in [-0.2, 0) is 9.53 Å². The lowest BCUT2D eigenvalue weighted by molar-refractivity contribution is -0.110. The Morgan fingerprint density at radius 1 is 0.771 bits per heavy atom. The number of esters is 1. The largest absolute Gasteiger partial charge is 0.506 e. The van der Waals surface area contributed by atoms with Crippen LogP contribution in [0.2, 0.25) is 0 Å². The fourth-order valence-electron chi connectivity index (χ4n) is 4.40. The van der Waals surface area contributed by atoms with Crippen LogP contribution in [0.25, 0.3) is 33.8 Å². The zero-order valence-electron chi connectivity index (χ0n) is 18.9. The van der Waals surface area contributed by atoms with Gasteiger partial charge in [-0.1, -0.05) is 84.9 Å². The van der Waals surface area contributed by atoms with E-state index in [1.807, 2.05) is 60.7 Å². The van der Waals surface area contributed by atoms with Gasteiger partial charge in [-0.3, -0.25) is 9.59 Å². The van der Waals surface area contributed by atoms with Crippen LogP contribution in [0.15, 0.2) is 84.9 Å². The van der Waals surface area contributed by atoms with Crippen LogP contribution in [0, 0.1) is 0 Å². The first kappa shape index (κ1) is 22.1.